The number of halogens is 1. The first-order chi connectivity index (χ1) is 9.16. The monoisotopic (exact) mass is 321 g/mol. The van der Waals surface area contributed by atoms with Gasteiger partial charge in [0, 0.05) is 16.9 Å². The first kappa shape index (κ1) is 13.2. The van der Waals surface area contributed by atoms with Crippen LogP contribution in [0, 0.1) is 11.8 Å². The SMILES string of the molecule is CC1CCCC1C(Br)c1ccc2c(c1)C(=O)NCC2. The fourth-order valence-corrected chi connectivity index (χ4v) is 4.53. The number of benzene rings is 1. The zero-order chi connectivity index (χ0) is 13.4. The molecule has 1 aliphatic heterocycles. The summed E-state index contributed by atoms with van der Waals surface area (Å²) in [5.41, 5.74) is 3.32. The first-order valence-electron chi connectivity index (χ1n) is 7.22. The van der Waals surface area contributed by atoms with Gasteiger partial charge >= 0.3 is 0 Å². The molecule has 2 aliphatic rings. The van der Waals surface area contributed by atoms with E-state index in [2.05, 4.69) is 46.4 Å². The molecule has 1 aromatic carbocycles. The second-order valence-corrected chi connectivity index (χ2v) is 6.88. The van der Waals surface area contributed by atoms with Gasteiger partial charge in [-0.1, -0.05) is 47.8 Å². The molecule has 1 aliphatic carbocycles. The fraction of sp³-hybridized carbons (Fsp3) is 0.562. The van der Waals surface area contributed by atoms with Gasteiger partial charge in [0.2, 0.25) is 0 Å². The van der Waals surface area contributed by atoms with Crippen molar-refractivity contribution in [3.8, 4) is 0 Å². The van der Waals surface area contributed by atoms with Crippen LogP contribution in [-0.2, 0) is 6.42 Å². The van der Waals surface area contributed by atoms with E-state index >= 15 is 0 Å². The van der Waals surface area contributed by atoms with E-state index in [1.165, 1.54) is 30.4 Å². The minimum atomic E-state index is 0.0854. The molecule has 19 heavy (non-hydrogen) atoms. The number of hydrogen-bond acceptors (Lipinski definition) is 1. The van der Waals surface area contributed by atoms with Gasteiger partial charge in [-0.3, -0.25) is 4.79 Å². The van der Waals surface area contributed by atoms with Gasteiger partial charge < -0.3 is 5.32 Å². The molecular formula is C16H20BrNO. The van der Waals surface area contributed by atoms with Crippen molar-refractivity contribution in [2.75, 3.05) is 6.54 Å². The van der Waals surface area contributed by atoms with Crippen molar-refractivity contribution in [3.63, 3.8) is 0 Å². The van der Waals surface area contributed by atoms with Crippen LogP contribution in [0.5, 0.6) is 0 Å². The van der Waals surface area contributed by atoms with E-state index in [9.17, 15) is 4.79 Å². The third kappa shape index (κ3) is 2.45. The Balaban J connectivity index is 1.89. The van der Waals surface area contributed by atoms with Gasteiger partial charge in [0.25, 0.3) is 5.91 Å². The summed E-state index contributed by atoms with van der Waals surface area (Å²) in [6.45, 7) is 3.11. The molecule has 0 aromatic heterocycles. The Hall–Kier alpha value is -0.830. The van der Waals surface area contributed by atoms with Crippen molar-refractivity contribution in [1.82, 2.24) is 5.32 Å². The number of rotatable bonds is 2. The molecule has 3 rings (SSSR count). The molecule has 1 aromatic rings. The maximum absolute atomic E-state index is 11.9. The van der Waals surface area contributed by atoms with Crippen LogP contribution in [0.3, 0.4) is 0 Å². The lowest BCUT2D eigenvalue weighted by Gasteiger charge is -2.24. The average molecular weight is 322 g/mol. The maximum Gasteiger partial charge on any atom is 0.251 e. The molecule has 3 unspecified atom stereocenters. The standard InChI is InChI=1S/C16H20BrNO/c1-10-3-2-4-13(10)15(17)12-6-5-11-7-8-18-16(19)14(11)9-12/h5-6,9-10,13,15H,2-4,7-8H2,1H3,(H,18,19). The van der Waals surface area contributed by atoms with E-state index in [1.807, 2.05) is 0 Å². The van der Waals surface area contributed by atoms with E-state index in [1.54, 1.807) is 0 Å². The summed E-state index contributed by atoms with van der Waals surface area (Å²) in [6, 6.07) is 6.42. The predicted molar refractivity (Wildman–Crippen MR) is 80.7 cm³/mol. The maximum atomic E-state index is 11.9. The fourth-order valence-electron chi connectivity index (χ4n) is 3.46. The average Bonchev–Trinajstić information content (AvgIpc) is 2.84. The topological polar surface area (TPSA) is 29.1 Å². The summed E-state index contributed by atoms with van der Waals surface area (Å²) < 4.78 is 0. The van der Waals surface area contributed by atoms with E-state index in [-0.39, 0.29) is 5.91 Å². The highest BCUT2D eigenvalue weighted by Gasteiger charge is 2.31. The molecular weight excluding hydrogens is 302 g/mol. The van der Waals surface area contributed by atoms with E-state index in [4.69, 9.17) is 0 Å². The molecule has 0 radical (unpaired) electrons. The van der Waals surface area contributed by atoms with Crippen LogP contribution in [0.2, 0.25) is 0 Å². The van der Waals surface area contributed by atoms with E-state index in [0.29, 0.717) is 10.7 Å². The lowest BCUT2D eigenvalue weighted by atomic mass is 9.88. The number of amides is 1. The highest BCUT2D eigenvalue weighted by atomic mass is 79.9. The Morgan fingerprint density at radius 2 is 2.21 bits per heavy atom. The number of hydrogen-bond donors (Lipinski definition) is 1. The molecule has 1 N–H and O–H groups in total. The number of carbonyl (C=O) groups excluding carboxylic acids is 1. The second-order valence-electron chi connectivity index (χ2n) is 5.90. The van der Waals surface area contributed by atoms with Gasteiger partial charge in [-0.25, -0.2) is 0 Å². The van der Waals surface area contributed by atoms with Gasteiger partial charge in [-0.15, -0.1) is 0 Å². The highest BCUT2D eigenvalue weighted by Crippen LogP contribution is 2.44. The molecule has 1 saturated carbocycles. The van der Waals surface area contributed by atoms with Crippen molar-refractivity contribution < 1.29 is 4.79 Å². The van der Waals surface area contributed by atoms with Crippen molar-refractivity contribution >= 4 is 21.8 Å². The molecule has 1 heterocycles. The van der Waals surface area contributed by atoms with Gasteiger partial charge in [-0.2, -0.15) is 0 Å². The highest BCUT2D eigenvalue weighted by molar-refractivity contribution is 9.09. The molecule has 102 valence electrons. The Labute approximate surface area is 123 Å². The summed E-state index contributed by atoms with van der Waals surface area (Å²) in [6.07, 6.45) is 4.91. The van der Waals surface area contributed by atoms with Gasteiger partial charge in [-0.05, 0) is 41.9 Å². The lowest BCUT2D eigenvalue weighted by molar-refractivity contribution is 0.0946. The summed E-state index contributed by atoms with van der Waals surface area (Å²) >= 11 is 3.87. The summed E-state index contributed by atoms with van der Waals surface area (Å²) in [5.74, 6) is 1.56. The largest absolute Gasteiger partial charge is 0.352 e. The number of carbonyl (C=O) groups is 1. The molecule has 3 heteroatoms. The van der Waals surface area contributed by atoms with Crippen LogP contribution >= 0.6 is 15.9 Å². The number of nitrogens with one attached hydrogen (secondary N) is 1. The quantitative estimate of drug-likeness (QED) is 0.824. The molecule has 1 amide bonds. The summed E-state index contributed by atoms with van der Waals surface area (Å²) in [7, 11) is 0. The van der Waals surface area contributed by atoms with Gasteiger partial charge in [0.05, 0.1) is 0 Å². The first-order valence-corrected chi connectivity index (χ1v) is 8.13. The number of fused-ring (bicyclic) bond motifs is 1. The van der Waals surface area contributed by atoms with Crippen LogP contribution in [0.4, 0.5) is 0 Å². The van der Waals surface area contributed by atoms with Crippen LogP contribution < -0.4 is 5.32 Å². The van der Waals surface area contributed by atoms with Crippen LogP contribution in [0.1, 0.15) is 52.5 Å². The zero-order valence-corrected chi connectivity index (χ0v) is 12.9. The smallest absolute Gasteiger partial charge is 0.251 e. The van der Waals surface area contributed by atoms with Crippen LogP contribution in [0.25, 0.3) is 0 Å². The minimum absolute atomic E-state index is 0.0854. The Morgan fingerprint density at radius 3 is 2.95 bits per heavy atom. The molecule has 2 nitrogen and oxygen atoms in total. The molecule has 3 atom stereocenters. The van der Waals surface area contributed by atoms with Gasteiger partial charge in [0.1, 0.15) is 0 Å². The van der Waals surface area contributed by atoms with Crippen molar-refractivity contribution in [2.45, 2.75) is 37.4 Å². The Bertz CT molecular complexity index is 500. The van der Waals surface area contributed by atoms with Gasteiger partial charge in [0.15, 0.2) is 0 Å². The minimum Gasteiger partial charge on any atom is -0.352 e. The van der Waals surface area contributed by atoms with Crippen molar-refractivity contribution in [1.29, 1.82) is 0 Å². The van der Waals surface area contributed by atoms with E-state index < -0.39 is 0 Å². The lowest BCUT2D eigenvalue weighted by Crippen LogP contribution is -2.32. The molecule has 1 fully saturated rings. The second kappa shape index (κ2) is 5.28. The molecule has 0 spiro atoms. The third-order valence-corrected chi connectivity index (χ3v) is 5.89. The predicted octanol–water partition coefficient (Wildman–Crippen LogP) is 3.84. The number of alkyl halides is 1. The van der Waals surface area contributed by atoms with Crippen molar-refractivity contribution in [2.24, 2.45) is 11.8 Å². The van der Waals surface area contributed by atoms with Crippen molar-refractivity contribution in [3.05, 3.63) is 34.9 Å². The normalized spacial score (nSPS) is 27.8. The van der Waals surface area contributed by atoms with Crippen LogP contribution in [-0.4, -0.2) is 12.5 Å². The van der Waals surface area contributed by atoms with Crippen LogP contribution in [0.15, 0.2) is 18.2 Å². The molecule has 0 saturated heterocycles. The van der Waals surface area contributed by atoms with E-state index in [0.717, 1.165) is 24.4 Å². The Kier molecular flexibility index (Phi) is 3.66. The molecule has 0 bridgehead atoms. The Morgan fingerprint density at radius 1 is 1.37 bits per heavy atom. The third-order valence-electron chi connectivity index (χ3n) is 4.68. The summed E-state index contributed by atoms with van der Waals surface area (Å²) in [5, 5.41) is 2.93. The summed E-state index contributed by atoms with van der Waals surface area (Å²) in [4.78, 5) is 12.3. The zero-order valence-electron chi connectivity index (χ0n) is 11.3.